The Balaban J connectivity index is 2.30. The van der Waals surface area contributed by atoms with Crippen molar-refractivity contribution in [1.82, 2.24) is 10.9 Å². The third-order valence-corrected chi connectivity index (χ3v) is 6.66. The normalized spacial score (nSPS) is 28.7. The van der Waals surface area contributed by atoms with E-state index in [4.69, 9.17) is 0 Å². The van der Waals surface area contributed by atoms with Gasteiger partial charge in [0.25, 0.3) is 11.8 Å². The summed E-state index contributed by atoms with van der Waals surface area (Å²) >= 11 is 0. The molecule has 2 aliphatic heterocycles. The number of carbonyl (C=O) groups excluding carboxylic acids is 2. The van der Waals surface area contributed by atoms with Gasteiger partial charge >= 0.3 is 0 Å². The van der Waals surface area contributed by atoms with Gasteiger partial charge in [-0.2, -0.15) is 0 Å². The van der Waals surface area contributed by atoms with E-state index in [1.54, 1.807) is 0 Å². The van der Waals surface area contributed by atoms with Crippen LogP contribution in [0.4, 0.5) is 0 Å². The van der Waals surface area contributed by atoms with Crippen LogP contribution < -0.4 is 10.9 Å². The third kappa shape index (κ3) is 1.27. The summed E-state index contributed by atoms with van der Waals surface area (Å²) < 4.78 is 0. The van der Waals surface area contributed by atoms with Crippen LogP contribution in [-0.4, -0.2) is 19.9 Å². The van der Waals surface area contributed by atoms with Crippen molar-refractivity contribution < 1.29 is 9.59 Å². The first kappa shape index (κ1) is 9.70. The molecule has 0 atom stereocenters. The van der Waals surface area contributed by atoms with Crippen molar-refractivity contribution in [3.05, 3.63) is 0 Å². The van der Waals surface area contributed by atoms with Crippen LogP contribution in [0.15, 0.2) is 0 Å². The SMILES string of the molecule is C[Si]1(C)CCCC2(C1)C(=O)NNC2=O. The molecular formula is C9H16N2O2Si. The summed E-state index contributed by atoms with van der Waals surface area (Å²) in [5, 5.41) is 0. The first-order valence-electron chi connectivity index (χ1n) is 5.07. The van der Waals surface area contributed by atoms with E-state index in [0.717, 1.165) is 18.9 Å². The fourth-order valence-corrected chi connectivity index (χ4v) is 6.15. The van der Waals surface area contributed by atoms with E-state index >= 15 is 0 Å². The number of hydrazine groups is 1. The Kier molecular flexibility index (Phi) is 1.96. The Labute approximate surface area is 84.4 Å². The first-order chi connectivity index (χ1) is 6.46. The Morgan fingerprint density at radius 2 is 1.79 bits per heavy atom. The van der Waals surface area contributed by atoms with E-state index in [1.165, 1.54) is 6.04 Å². The molecular weight excluding hydrogens is 196 g/mol. The summed E-state index contributed by atoms with van der Waals surface area (Å²) in [5.41, 5.74) is 4.19. The Morgan fingerprint density at radius 1 is 1.21 bits per heavy atom. The number of rotatable bonds is 0. The molecule has 0 saturated carbocycles. The average molecular weight is 212 g/mol. The molecule has 0 radical (unpaired) electrons. The van der Waals surface area contributed by atoms with Crippen molar-refractivity contribution in [3.8, 4) is 0 Å². The van der Waals surface area contributed by atoms with Gasteiger partial charge in [-0.25, -0.2) is 0 Å². The Bertz CT molecular complexity index is 285. The number of hydrogen-bond donors (Lipinski definition) is 2. The minimum absolute atomic E-state index is 0.109. The predicted octanol–water partition coefficient (Wildman–Crippen LogP) is 0.636. The predicted molar refractivity (Wildman–Crippen MR) is 55.0 cm³/mol. The number of nitrogens with one attached hydrogen (secondary N) is 2. The number of hydrogen-bond acceptors (Lipinski definition) is 2. The quantitative estimate of drug-likeness (QED) is 0.457. The van der Waals surface area contributed by atoms with E-state index in [9.17, 15) is 9.59 Å². The maximum Gasteiger partial charge on any atom is 0.253 e. The lowest BCUT2D eigenvalue weighted by atomic mass is 9.84. The smallest absolute Gasteiger partial charge is 0.253 e. The molecule has 0 aromatic rings. The van der Waals surface area contributed by atoms with Crippen LogP contribution in [0.5, 0.6) is 0 Å². The summed E-state index contributed by atoms with van der Waals surface area (Å²) in [4.78, 5) is 23.4. The summed E-state index contributed by atoms with van der Waals surface area (Å²) in [5.74, 6) is -0.217. The molecule has 1 spiro atoms. The van der Waals surface area contributed by atoms with E-state index in [-0.39, 0.29) is 11.8 Å². The van der Waals surface area contributed by atoms with Gasteiger partial charge in [0.1, 0.15) is 5.41 Å². The average Bonchev–Trinajstić information content (AvgIpc) is 2.32. The van der Waals surface area contributed by atoms with E-state index in [1.807, 2.05) is 0 Å². The zero-order chi connectivity index (χ0) is 10.4. The van der Waals surface area contributed by atoms with Crippen LogP contribution in [0.1, 0.15) is 12.8 Å². The fraction of sp³-hybridized carbons (Fsp3) is 0.778. The molecule has 0 bridgehead atoms. The molecule has 2 aliphatic rings. The largest absolute Gasteiger partial charge is 0.272 e. The molecule has 78 valence electrons. The Hall–Kier alpha value is -0.843. The molecule has 2 rings (SSSR count). The van der Waals surface area contributed by atoms with Gasteiger partial charge in [0, 0.05) is 8.07 Å². The summed E-state index contributed by atoms with van der Waals surface area (Å²) in [6, 6.07) is 2.03. The minimum atomic E-state index is -1.33. The molecule has 0 aromatic carbocycles. The van der Waals surface area contributed by atoms with Crippen molar-refractivity contribution in [2.45, 2.75) is 38.0 Å². The first-order valence-corrected chi connectivity index (χ1v) is 8.49. The van der Waals surface area contributed by atoms with Gasteiger partial charge in [0.2, 0.25) is 0 Å². The van der Waals surface area contributed by atoms with Crippen LogP contribution in [0.3, 0.4) is 0 Å². The molecule has 0 aliphatic carbocycles. The van der Waals surface area contributed by atoms with Gasteiger partial charge in [0.15, 0.2) is 0 Å². The van der Waals surface area contributed by atoms with Gasteiger partial charge in [-0.05, 0) is 12.5 Å². The second-order valence-corrected chi connectivity index (χ2v) is 10.4. The van der Waals surface area contributed by atoms with Crippen LogP contribution in [-0.2, 0) is 9.59 Å². The van der Waals surface area contributed by atoms with Crippen LogP contribution in [0.25, 0.3) is 0 Å². The summed E-state index contributed by atoms with van der Waals surface area (Å²) in [6.45, 7) is 4.51. The van der Waals surface area contributed by atoms with Crippen LogP contribution >= 0.6 is 0 Å². The third-order valence-electron chi connectivity index (χ3n) is 3.40. The fourth-order valence-electron chi connectivity index (χ4n) is 2.71. The van der Waals surface area contributed by atoms with Gasteiger partial charge in [-0.1, -0.05) is 25.6 Å². The molecule has 2 amide bonds. The van der Waals surface area contributed by atoms with Crippen LogP contribution in [0.2, 0.25) is 25.2 Å². The number of carbonyl (C=O) groups is 2. The summed E-state index contributed by atoms with van der Waals surface area (Å²) in [6.07, 6.45) is 1.74. The van der Waals surface area contributed by atoms with Gasteiger partial charge in [-0.3, -0.25) is 20.4 Å². The molecule has 5 heteroatoms. The lowest BCUT2D eigenvalue weighted by Gasteiger charge is -2.37. The van der Waals surface area contributed by atoms with Gasteiger partial charge < -0.3 is 0 Å². The highest BCUT2D eigenvalue weighted by Gasteiger charge is 2.54. The molecule has 4 nitrogen and oxygen atoms in total. The summed E-state index contributed by atoms with van der Waals surface area (Å²) in [7, 11) is -1.33. The van der Waals surface area contributed by atoms with Crippen molar-refractivity contribution in [2.75, 3.05) is 0 Å². The minimum Gasteiger partial charge on any atom is -0.272 e. The monoisotopic (exact) mass is 212 g/mol. The maximum absolute atomic E-state index is 11.7. The lowest BCUT2D eigenvalue weighted by molar-refractivity contribution is -0.135. The molecule has 2 heterocycles. The second kappa shape index (κ2) is 2.82. The van der Waals surface area contributed by atoms with Gasteiger partial charge in [-0.15, -0.1) is 0 Å². The molecule has 2 fully saturated rings. The topological polar surface area (TPSA) is 58.2 Å². The maximum atomic E-state index is 11.7. The van der Waals surface area contributed by atoms with Crippen molar-refractivity contribution in [2.24, 2.45) is 5.41 Å². The van der Waals surface area contributed by atoms with Gasteiger partial charge in [0.05, 0.1) is 0 Å². The van der Waals surface area contributed by atoms with E-state index < -0.39 is 13.5 Å². The Morgan fingerprint density at radius 3 is 2.29 bits per heavy atom. The highest BCUT2D eigenvalue weighted by Crippen LogP contribution is 2.43. The van der Waals surface area contributed by atoms with Crippen molar-refractivity contribution in [1.29, 1.82) is 0 Å². The van der Waals surface area contributed by atoms with Crippen molar-refractivity contribution in [3.63, 3.8) is 0 Å². The van der Waals surface area contributed by atoms with Crippen LogP contribution in [0, 0.1) is 5.41 Å². The standard InChI is InChI=1S/C9H16N2O2Si/c1-14(2)5-3-4-9(6-14)7(12)10-11-8(9)13/h3-6H2,1-2H3,(H,10,12)(H,11,13). The highest BCUT2D eigenvalue weighted by molar-refractivity contribution is 6.78. The molecule has 14 heavy (non-hydrogen) atoms. The van der Waals surface area contributed by atoms with E-state index in [2.05, 4.69) is 23.9 Å². The molecule has 2 N–H and O–H groups in total. The van der Waals surface area contributed by atoms with E-state index in [0.29, 0.717) is 0 Å². The zero-order valence-corrected chi connectivity index (χ0v) is 9.64. The number of amides is 2. The zero-order valence-electron chi connectivity index (χ0n) is 8.64. The molecule has 0 aromatic heterocycles. The second-order valence-electron chi connectivity index (χ2n) is 5.18. The highest BCUT2D eigenvalue weighted by atomic mass is 28.3. The molecule has 2 saturated heterocycles. The molecule has 0 unspecified atom stereocenters. The van der Waals surface area contributed by atoms with Crippen molar-refractivity contribution >= 4 is 19.9 Å². The lowest BCUT2D eigenvalue weighted by Crippen LogP contribution is -2.47.